The minimum Gasteiger partial charge on any atom is -0.444 e. The highest BCUT2D eigenvalue weighted by Gasteiger charge is 2.24. The molecule has 4 heteroatoms. The number of hydrogen-bond donors (Lipinski definition) is 0. The van der Waals surface area contributed by atoms with Crippen molar-refractivity contribution in [3.63, 3.8) is 0 Å². The van der Waals surface area contributed by atoms with E-state index in [2.05, 4.69) is 0 Å². The summed E-state index contributed by atoms with van der Waals surface area (Å²) in [7, 11) is 0. The van der Waals surface area contributed by atoms with Gasteiger partial charge in [-0.05, 0) is 57.2 Å². The predicted octanol–water partition coefficient (Wildman–Crippen LogP) is 3.49. The highest BCUT2D eigenvalue weighted by molar-refractivity contribution is 6.05. The normalized spacial score (nSPS) is 15.0. The number of aromatic nitrogens is 1. The molecule has 0 saturated heterocycles. The lowest BCUT2D eigenvalue weighted by Crippen LogP contribution is -2.18. The van der Waals surface area contributed by atoms with Crippen molar-refractivity contribution in [1.29, 1.82) is 5.26 Å². The average Bonchev–Trinajstić information content (AvgIpc) is 2.52. The molecule has 22 heavy (non-hydrogen) atoms. The zero-order valence-corrected chi connectivity index (χ0v) is 12.8. The van der Waals surface area contributed by atoms with Crippen LogP contribution in [0.1, 0.15) is 46.9 Å². The van der Waals surface area contributed by atoms with Crippen LogP contribution in [-0.4, -0.2) is 17.1 Å². The lowest BCUT2D eigenvalue weighted by Gasteiger charge is -2.20. The second-order valence-electron chi connectivity index (χ2n) is 5.82. The first kappa shape index (κ1) is 14.5. The van der Waals surface area contributed by atoms with Crippen molar-refractivity contribution in [1.82, 2.24) is 4.98 Å². The van der Waals surface area contributed by atoms with Crippen LogP contribution in [0.4, 0.5) is 0 Å². The molecule has 0 spiro atoms. The highest BCUT2D eigenvalue weighted by Crippen LogP contribution is 2.30. The van der Waals surface area contributed by atoms with Crippen LogP contribution >= 0.6 is 0 Å². The Kier molecular flexibility index (Phi) is 3.81. The fourth-order valence-corrected chi connectivity index (χ4v) is 3.02. The summed E-state index contributed by atoms with van der Waals surface area (Å²) in [6.07, 6.45) is 3.14. The number of esters is 1. The monoisotopic (exact) mass is 294 g/mol. The molecule has 0 radical (unpaired) electrons. The molecule has 0 fully saturated rings. The van der Waals surface area contributed by atoms with E-state index >= 15 is 0 Å². The number of aryl methyl sites for hydroxylation is 2. The second kappa shape index (κ2) is 5.76. The zero-order chi connectivity index (χ0) is 15.7. The molecule has 3 rings (SSSR count). The molecular formula is C18H18N2O2. The predicted molar refractivity (Wildman–Crippen MR) is 83.6 cm³/mol. The van der Waals surface area contributed by atoms with Gasteiger partial charge in [-0.2, -0.15) is 5.26 Å². The van der Waals surface area contributed by atoms with Crippen LogP contribution in [-0.2, 0) is 17.6 Å². The van der Waals surface area contributed by atoms with Crippen molar-refractivity contribution < 1.29 is 9.53 Å². The minimum atomic E-state index is -0.750. The topological polar surface area (TPSA) is 63.0 Å². The van der Waals surface area contributed by atoms with E-state index in [1.165, 1.54) is 0 Å². The molecule has 1 unspecified atom stereocenters. The van der Waals surface area contributed by atoms with E-state index in [1.54, 1.807) is 6.92 Å². The molecule has 0 bridgehead atoms. The molecule has 1 heterocycles. The number of rotatable bonds is 2. The van der Waals surface area contributed by atoms with Crippen LogP contribution < -0.4 is 0 Å². The van der Waals surface area contributed by atoms with Gasteiger partial charge < -0.3 is 4.74 Å². The van der Waals surface area contributed by atoms with Crippen molar-refractivity contribution in [3.05, 3.63) is 40.6 Å². The number of nitriles is 1. The lowest BCUT2D eigenvalue weighted by atomic mass is 9.89. The molecule has 1 aliphatic carbocycles. The van der Waals surface area contributed by atoms with Gasteiger partial charge in [-0.15, -0.1) is 0 Å². The van der Waals surface area contributed by atoms with Gasteiger partial charge in [0.1, 0.15) is 6.07 Å². The number of benzene rings is 1. The molecule has 4 nitrogen and oxygen atoms in total. The molecule has 0 aliphatic heterocycles. The van der Waals surface area contributed by atoms with Crippen molar-refractivity contribution >= 4 is 16.9 Å². The molecule has 0 amide bonds. The van der Waals surface area contributed by atoms with Gasteiger partial charge in [0.15, 0.2) is 6.10 Å². The molecule has 112 valence electrons. The van der Waals surface area contributed by atoms with Crippen LogP contribution in [0.25, 0.3) is 10.9 Å². The number of fused-ring (bicyclic) bond motifs is 2. The van der Waals surface area contributed by atoms with Gasteiger partial charge in [-0.1, -0.05) is 11.6 Å². The summed E-state index contributed by atoms with van der Waals surface area (Å²) in [5.41, 5.74) is 4.50. The fourth-order valence-electron chi connectivity index (χ4n) is 3.02. The summed E-state index contributed by atoms with van der Waals surface area (Å²) in [6, 6.07) is 7.87. The molecule has 2 aromatic rings. The maximum Gasteiger partial charge on any atom is 0.340 e. The number of hydrogen-bond acceptors (Lipinski definition) is 4. The first-order valence-electron chi connectivity index (χ1n) is 7.63. The highest BCUT2D eigenvalue weighted by atomic mass is 16.5. The average molecular weight is 294 g/mol. The summed E-state index contributed by atoms with van der Waals surface area (Å²) in [6.45, 7) is 3.57. The summed E-state index contributed by atoms with van der Waals surface area (Å²) in [5.74, 6) is -0.412. The van der Waals surface area contributed by atoms with E-state index < -0.39 is 12.1 Å². The van der Waals surface area contributed by atoms with Crippen LogP contribution in [0.2, 0.25) is 0 Å². The number of ether oxygens (including phenoxy) is 1. The van der Waals surface area contributed by atoms with E-state index in [9.17, 15) is 4.79 Å². The fraction of sp³-hybridized carbons (Fsp3) is 0.389. The summed E-state index contributed by atoms with van der Waals surface area (Å²) in [4.78, 5) is 17.3. The van der Waals surface area contributed by atoms with Crippen molar-refractivity contribution in [2.75, 3.05) is 0 Å². The van der Waals surface area contributed by atoms with Gasteiger partial charge in [0.25, 0.3) is 0 Å². The molecule has 0 N–H and O–H groups in total. The second-order valence-corrected chi connectivity index (χ2v) is 5.82. The number of nitrogens with zero attached hydrogens (tertiary/aromatic N) is 2. The third-order valence-corrected chi connectivity index (χ3v) is 4.09. The Morgan fingerprint density at radius 1 is 1.36 bits per heavy atom. The van der Waals surface area contributed by atoms with Crippen molar-refractivity contribution in [3.8, 4) is 6.07 Å². The largest absolute Gasteiger partial charge is 0.444 e. The Labute approximate surface area is 129 Å². The van der Waals surface area contributed by atoms with Crippen LogP contribution in [0.3, 0.4) is 0 Å². The van der Waals surface area contributed by atoms with Gasteiger partial charge >= 0.3 is 5.97 Å². The Morgan fingerprint density at radius 3 is 2.91 bits per heavy atom. The smallest absolute Gasteiger partial charge is 0.340 e. The molecular weight excluding hydrogens is 276 g/mol. The first-order chi connectivity index (χ1) is 10.6. The maximum atomic E-state index is 12.6. The quantitative estimate of drug-likeness (QED) is 0.795. The summed E-state index contributed by atoms with van der Waals surface area (Å²) in [5, 5.41) is 9.72. The third kappa shape index (κ3) is 2.55. The number of carbonyl (C=O) groups excluding carboxylic acids is 1. The standard InChI is InChI=1S/C18H18N2O2/c1-11-7-8-16-14(9-11)17(18(21)22-12(2)10-19)13-5-3-4-6-15(13)20-16/h7-9,12H,3-6H2,1-2H3. The van der Waals surface area contributed by atoms with Crippen LogP contribution in [0.5, 0.6) is 0 Å². The Hall–Kier alpha value is -2.41. The third-order valence-electron chi connectivity index (χ3n) is 4.09. The van der Waals surface area contributed by atoms with Gasteiger partial charge in [0.2, 0.25) is 0 Å². The van der Waals surface area contributed by atoms with E-state index in [1.807, 2.05) is 31.2 Å². The number of carbonyl (C=O) groups is 1. The SMILES string of the molecule is Cc1ccc2nc3c(c(C(=O)OC(C)C#N)c2c1)CCCC3. The van der Waals surface area contributed by atoms with Gasteiger partial charge in [0.05, 0.1) is 11.1 Å². The molecule has 1 aliphatic rings. The van der Waals surface area contributed by atoms with Crippen LogP contribution in [0, 0.1) is 18.3 Å². The Balaban J connectivity index is 2.22. The minimum absolute atomic E-state index is 0.412. The summed E-state index contributed by atoms with van der Waals surface area (Å²) >= 11 is 0. The van der Waals surface area contributed by atoms with Gasteiger partial charge in [-0.25, -0.2) is 4.79 Å². The van der Waals surface area contributed by atoms with Crippen LogP contribution in [0.15, 0.2) is 18.2 Å². The van der Waals surface area contributed by atoms with E-state index in [0.717, 1.165) is 53.4 Å². The molecule has 0 saturated carbocycles. The Bertz CT molecular complexity index is 790. The lowest BCUT2D eigenvalue weighted by molar-refractivity contribution is 0.0436. The molecule has 1 aromatic carbocycles. The molecule has 1 aromatic heterocycles. The summed E-state index contributed by atoms with van der Waals surface area (Å²) < 4.78 is 5.27. The van der Waals surface area contributed by atoms with E-state index in [-0.39, 0.29) is 0 Å². The maximum absolute atomic E-state index is 12.6. The van der Waals surface area contributed by atoms with Gasteiger partial charge in [-0.3, -0.25) is 4.98 Å². The van der Waals surface area contributed by atoms with E-state index in [0.29, 0.717) is 5.56 Å². The van der Waals surface area contributed by atoms with E-state index in [4.69, 9.17) is 15.0 Å². The van der Waals surface area contributed by atoms with Crippen molar-refractivity contribution in [2.45, 2.75) is 45.6 Å². The molecule has 1 atom stereocenters. The van der Waals surface area contributed by atoms with Gasteiger partial charge in [0, 0.05) is 11.1 Å². The zero-order valence-electron chi connectivity index (χ0n) is 12.8. The number of pyridine rings is 1. The Morgan fingerprint density at radius 2 is 2.14 bits per heavy atom. The first-order valence-corrected chi connectivity index (χ1v) is 7.63. The van der Waals surface area contributed by atoms with Crippen molar-refractivity contribution in [2.24, 2.45) is 0 Å².